The number of imidazole rings is 1. The summed E-state index contributed by atoms with van der Waals surface area (Å²) >= 11 is 0. The molecule has 1 saturated heterocycles. The zero-order chi connectivity index (χ0) is 9.26. The third-order valence-corrected chi connectivity index (χ3v) is 2.91. The van der Waals surface area contributed by atoms with Crippen LogP contribution in [0.5, 0.6) is 0 Å². The normalized spacial score (nSPS) is 22.5. The van der Waals surface area contributed by atoms with Crippen molar-refractivity contribution in [3.8, 4) is 0 Å². The van der Waals surface area contributed by atoms with Gasteiger partial charge in [0.25, 0.3) is 0 Å². The molecule has 2 rings (SSSR count). The van der Waals surface area contributed by atoms with Gasteiger partial charge in [-0.3, -0.25) is 0 Å². The van der Waals surface area contributed by atoms with Crippen LogP contribution in [0.4, 0.5) is 0 Å². The Morgan fingerprint density at radius 3 is 3.08 bits per heavy atom. The van der Waals surface area contributed by atoms with Gasteiger partial charge < -0.3 is 9.88 Å². The maximum Gasteiger partial charge on any atom is 0.113 e. The van der Waals surface area contributed by atoms with Gasteiger partial charge in [0.1, 0.15) is 5.82 Å². The van der Waals surface area contributed by atoms with Crippen LogP contribution in [-0.2, 0) is 13.5 Å². The molecule has 1 aliphatic heterocycles. The topological polar surface area (TPSA) is 29.9 Å². The number of hydrogen-bond acceptors (Lipinski definition) is 2. The molecule has 0 spiro atoms. The van der Waals surface area contributed by atoms with Gasteiger partial charge in [0.05, 0.1) is 0 Å². The van der Waals surface area contributed by atoms with Crippen molar-refractivity contribution in [3.63, 3.8) is 0 Å². The molecule has 0 amide bonds. The van der Waals surface area contributed by atoms with E-state index in [1.807, 2.05) is 6.20 Å². The minimum absolute atomic E-state index is 0.630. The Bertz CT molecular complexity index is 284. The Morgan fingerprint density at radius 2 is 2.54 bits per heavy atom. The summed E-state index contributed by atoms with van der Waals surface area (Å²) in [4.78, 5) is 4.49. The van der Waals surface area contributed by atoms with Crippen LogP contribution in [0.3, 0.4) is 0 Å². The molecule has 1 fully saturated rings. The summed E-state index contributed by atoms with van der Waals surface area (Å²) < 4.78 is 2.25. The summed E-state index contributed by atoms with van der Waals surface area (Å²) in [6, 6.07) is 0. The minimum atomic E-state index is 0.630. The lowest BCUT2D eigenvalue weighted by Gasteiger charge is -2.09. The smallest absolute Gasteiger partial charge is 0.113 e. The standard InChI is InChI=1S/C10H17N3/c1-3-9-7-12-10(13(9)2)8-4-5-11-6-8/h7-8,11H,3-6H2,1-2H3. The zero-order valence-electron chi connectivity index (χ0n) is 8.38. The lowest BCUT2D eigenvalue weighted by molar-refractivity contribution is 0.648. The van der Waals surface area contributed by atoms with Crippen molar-refractivity contribution >= 4 is 0 Å². The van der Waals surface area contributed by atoms with E-state index in [9.17, 15) is 0 Å². The molecule has 3 heteroatoms. The van der Waals surface area contributed by atoms with Crippen LogP contribution >= 0.6 is 0 Å². The van der Waals surface area contributed by atoms with E-state index >= 15 is 0 Å². The summed E-state index contributed by atoms with van der Waals surface area (Å²) in [5, 5.41) is 3.37. The second-order valence-corrected chi connectivity index (χ2v) is 3.71. The predicted molar refractivity (Wildman–Crippen MR) is 52.8 cm³/mol. The van der Waals surface area contributed by atoms with Gasteiger partial charge in [0.15, 0.2) is 0 Å². The first-order valence-electron chi connectivity index (χ1n) is 5.04. The van der Waals surface area contributed by atoms with Crippen molar-refractivity contribution in [2.45, 2.75) is 25.7 Å². The highest BCUT2D eigenvalue weighted by molar-refractivity contribution is 5.10. The zero-order valence-corrected chi connectivity index (χ0v) is 8.38. The van der Waals surface area contributed by atoms with E-state index < -0.39 is 0 Å². The fourth-order valence-electron chi connectivity index (χ4n) is 2.04. The molecule has 0 saturated carbocycles. The van der Waals surface area contributed by atoms with Crippen LogP contribution in [0.25, 0.3) is 0 Å². The molecule has 72 valence electrons. The average Bonchev–Trinajstić information content (AvgIpc) is 2.72. The number of aromatic nitrogens is 2. The minimum Gasteiger partial charge on any atom is -0.335 e. The molecule has 1 aromatic heterocycles. The molecular formula is C10H17N3. The van der Waals surface area contributed by atoms with Crippen LogP contribution < -0.4 is 5.32 Å². The Hall–Kier alpha value is -0.830. The van der Waals surface area contributed by atoms with Gasteiger partial charge in [-0.25, -0.2) is 4.98 Å². The van der Waals surface area contributed by atoms with Crippen molar-refractivity contribution < 1.29 is 0 Å². The van der Waals surface area contributed by atoms with E-state index in [1.54, 1.807) is 0 Å². The van der Waals surface area contributed by atoms with Crippen molar-refractivity contribution in [1.29, 1.82) is 0 Å². The monoisotopic (exact) mass is 179 g/mol. The van der Waals surface area contributed by atoms with Gasteiger partial charge in [0.2, 0.25) is 0 Å². The highest BCUT2D eigenvalue weighted by Gasteiger charge is 2.20. The molecular weight excluding hydrogens is 162 g/mol. The van der Waals surface area contributed by atoms with Gasteiger partial charge in [-0.15, -0.1) is 0 Å². The van der Waals surface area contributed by atoms with Crippen LogP contribution in [0.1, 0.15) is 30.8 Å². The molecule has 0 radical (unpaired) electrons. The summed E-state index contributed by atoms with van der Waals surface area (Å²) in [7, 11) is 2.12. The van der Waals surface area contributed by atoms with Gasteiger partial charge in [0, 0.05) is 31.4 Å². The molecule has 2 heterocycles. The number of rotatable bonds is 2. The maximum absolute atomic E-state index is 4.49. The average molecular weight is 179 g/mol. The summed E-state index contributed by atoms with van der Waals surface area (Å²) in [6.07, 6.45) is 4.31. The molecule has 1 aliphatic rings. The second kappa shape index (κ2) is 3.50. The fraction of sp³-hybridized carbons (Fsp3) is 0.700. The SMILES string of the molecule is CCc1cnc(C2CCNC2)n1C. The van der Waals surface area contributed by atoms with Gasteiger partial charge in [-0.05, 0) is 19.4 Å². The van der Waals surface area contributed by atoms with Gasteiger partial charge >= 0.3 is 0 Å². The van der Waals surface area contributed by atoms with Gasteiger partial charge in [-0.1, -0.05) is 6.92 Å². The van der Waals surface area contributed by atoms with Crippen molar-refractivity contribution in [2.24, 2.45) is 7.05 Å². The molecule has 1 N–H and O–H groups in total. The third kappa shape index (κ3) is 1.48. The highest BCUT2D eigenvalue weighted by atomic mass is 15.1. The molecule has 0 aromatic carbocycles. The van der Waals surface area contributed by atoms with Crippen LogP contribution in [-0.4, -0.2) is 22.6 Å². The van der Waals surface area contributed by atoms with Crippen LogP contribution in [0.2, 0.25) is 0 Å². The quantitative estimate of drug-likeness (QED) is 0.735. The highest BCUT2D eigenvalue weighted by Crippen LogP contribution is 2.21. The molecule has 0 bridgehead atoms. The lowest BCUT2D eigenvalue weighted by atomic mass is 10.1. The van der Waals surface area contributed by atoms with E-state index in [-0.39, 0.29) is 0 Å². The summed E-state index contributed by atoms with van der Waals surface area (Å²) in [5.74, 6) is 1.88. The van der Waals surface area contributed by atoms with E-state index in [1.165, 1.54) is 17.9 Å². The van der Waals surface area contributed by atoms with E-state index in [4.69, 9.17) is 0 Å². The van der Waals surface area contributed by atoms with E-state index in [0.717, 1.165) is 19.5 Å². The molecule has 1 aromatic rings. The van der Waals surface area contributed by atoms with Crippen molar-refractivity contribution in [2.75, 3.05) is 13.1 Å². The first kappa shape index (κ1) is 8.75. The first-order valence-corrected chi connectivity index (χ1v) is 5.04. The number of hydrogen-bond donors (Lipinski definition) is 1. The number of nitrogens with zero attached hydrogens (tertiary/aromatic N) is 2. The largest absolute Gasteiger partial charge is 0.335 e. The maximum atomic E-state index is 4.49. The molecule has 3 nitrogen and oxygen atoms in total. The first-order chi connectivity index (χ1) is 6.33. The predicted octanol–water partition coefficient (Wildman–Crippen LogP) is 1.06. The summed E-state index contributed by atoms with van der Waals surface area (Å²) in [5.41, 5.74) is 1.34. The Labute approximate surface area is 79.2 Å². The van der Waals surface area contributed by atoms with Crippen LogP contribution in [0.15, 0.2) is 6.20 Å². The van der Waals surface area contributed by atoms with Crippen molar-refractivity contribution in [3.05, 3.63) is 17.7 Å². The number of nitrogens with one attached hydrogen (secondary N) is 1. The third-order valence-electron chi connectivity index (χ3n) is 2.91. The van der Waals surface area contributed by atoms with E-state index in [0.29, 0.717) is 5.92 Å². The van der Waals surface area contributed by atoms with E-state index in [2.05, 4.69) is 28.8 Å². The summed E-state index contributed by atoms with van der Waals surface area (Å²) in [6.45, 7) is 4.40. The van der Waals surface area contributed by atoms with Crippen LogP contribution in [0, 0.1) is 0 Å². The molecule has 0 aliphatic carbocycles. The van der Waals surface area contributed by atoms with Crippen molar-refractivity contribution in [1.82, 2.24) is 14.9 Å². The molecule has 1 unspecified atom stereocenters. The fourth-order valence-corrected chi connectivity index (χ4v) is 2.04. The number of aryl methyl sites for hydroxylation is 1. The molecule has 1 atom stereocenters. The Kier molecular flexibility index (Phi) is 2.36. The lowest BCUT2D eigenvalue weighted by Crippen LogP contribution is -2.11. The molecule has 13 heavy (non-hydrogen) atoms. The Morgan fingerprint density at radius 1 is 1.69 bits per heavy atom. The van der Waals surface area contributed by atoms with Gasteiger partial charge in [-0.2, -0.15) is 0 Å². The Balaban J connectivity index is 2.24. The second-order valence-electron chi connectivity index (χ2n) is 3.71.